The number of benzene rings is 4. The maximum Gasteiger partial charge on any atom is 0.174 e. The minimum Gasteiger partial charge on any atom is -0.504 e. The Kier molecular flexibility index (Phi) is 7.81. The monoisotopic (exact) mass is 608 g/mol. The van der Waals surface area contributed by atoms with Crippen molar-refractivity contribution >= 4 is 0 Å². The van der Waals surface area contributed by atoms with Gasteiger partial charge in [0.1, 0.15) is 5.75 Å². The lowest BCUT2D eigenvalue weighted by Crippen LogP contribution is -2.34. The zero-order valence-electron chi connectivity index (χ0n) is 26.3. The van der Waals surface area contributed by atoms with Crippen LogP contribution in [0, 0.1) is 0 Å². The molecule has 8 nitrogen and oxygen atoms in total. The summed E-state index contributed by atoms with van der Waals surface area (Å²) in [4.78, 5) is 4.72. The highest BCUT2D eigenvalue weighted by atomic mass is 16.5. The van der Waals surface area contributed by atoms with Crippen molar-refractivity contribution in [3.05, 3.63) is 99.6 Å². The van der Waals surface area contributed by atoms with Gasteiger partial charge in [0.05, 0.1) is 20.8 Å². The van der Waals surface area contributed by atoms with E-state index in [0.717, 1.165) is 49.0 Å². The van der Waals surface area contributed by atoms with E-state index >= 15 is 0 Å². The molecule has 0 fully saturated rings. The number of nitrogens with zero attached hydrogens (tertiary/aromatic N) is 2. The Morgan fingerprint density at radius 1 is 0.778 bits per heavy atom. The fourth-order valence-electron chi connectivity index (χ4n) is 7.20. The fourth-order valence-corrected chi connectivity index (χ4v) is 7.20. The Balaban J connectivity index is 1.47. The summed E-state index contributed by atoms with van der Waals surface area (Å²) >= 11 is 0. The fraction of sp³-hybridized carbons (Fsp3) is 0.351. The van der Waals surface area contributed by atoms with Gasteiger partial charge in [-0.05, 0) is 110 Å². The number of phenolic OH excluding ortho intramolecular Hbond substituents is 1. The molecule has 8 heteroatoms. The molecule has 0 saturated heterocycles. The van der Waals surface area contributed by atoms with E-state index in [2.05, 4.69) is 54.2 Å². The number of fused-ring (bicyclic) bond motifs is 2. The first kappa shape index (κ1) is 29.5. The summed E-state index contributed by atoms with van der Waals surface area (Å²) in [5, 5.41) is 21.1. The van der Waals surface area contributed by atoms with Crippen LogP contribution in [-0.2, 0) is 32.3 Å². The predicted octanol–water partition coefficient (Wildman–Crippen LogP) is 6.34. The molecule has 4 aliphatic heterocycles. The summed E-state index contributed by atoms with van der Waals surface area (Å²) in [6.45, 7) is 1.61. The van der Waals surface area contributed by atoms with E-state index < -0.39 is 0 Å². The van der Waals surface area contributed by atoms with Crippen molar-refractivity contribution in [2.75, 3.05) is 41.4 Å². The molecule has 234 valence electrons. The van der Waals surface area contributed by atoms with Gasteiger partial charge in [-0.15, -0.1) is 0 Å². The number of rotatable bonds is 3. The number of aliphatic hydroxyl groups excluding tert-OH is 1. The van der Waals surface area contributed by atoms with E-state index in [1.165, 1.54) is 16.7 Å². The van der Waals surface area contributed by atoms with Gasteiger partial charge in [-0.1, -0.05) is 18.2 Å². The van der Waals surface area contributed by atoms with Crippen LogP contribution in [0.1, 0.15) is 51.0 Å². The van der Waals surface area contributed by atoms with Crippen LogP contribution < -0.4 is 18.9 Å². The first-order chi connectivity index (χ1) is 21.9. The minimum absolute atomic E-state index is 0.0662. The molecule has 0 spiro atoms. The molecule has 0 radical (unpaired) electrons. The third kappa shape index (κ3) is 5.37. The van der Waals surface area contributed by atoms with Crippen molar-refractivity contribution in [3.8, 4) is 40.2 Å². The molecule has 6 bridgehead atoms. The number of hydrogen-bond acceptors (Lipinski definition) is 8. The quantitative estimate of drug-likeness (QED) is 0.279. The first-order valence-electron chi connectivity index (χ1n) is 15.6. The van der Waals surface area contributed by atoms with Crippen molar-refractivity contribution in [2.45, 2.75) is 44.4 Å². The largest absolute Gasteiger partial charge is 0.504 e. The standard InChI is InChI=1S/C37H40N2O6/c1-38-13-11-24-19-33(42-3)34-20-28(24)29(38)15-22-5-8-27(9-6-22)44-32-17-23(7-10-31(32)41)16-30-35-25(12-14-39(30)2)18-26(21-40)36(43-4)37(35)45-34/h5-10,17-20,29-30,40-41H,11-16,21H2,1-4H3/t29-,30+/m0/s1. The van der Waals surface area contributed by atoms with Gasteiger partial charge in [-0.2, -0.15) is 0 Å². The molecule has 0 aromatic heterocycles. The summed E-state index contributed by atoms with van der Waals surface area (Å²) in [5.41, 5.74) is 7.49. The lowest BCUT2D eigenvalue weighted by Gasteiger charge is -2.37. The van der Waals surface area contributed by atoms with Crippen molar-refractivity contribution in [1.29, 1.82) is 0 Å². The zero-order valence-corrected chi connectivity index (χ0v) is 26.3. The Labute approximate surface area is 264 Å². The first-order valence-corrected chi connectivity index (χ1v) is 15.6. The lowest BCUT2D eigenvalue weighted by atomic mass is 9.86. The summed E-state index contributed by atoms with van der Waals surface area (Å²) in [5.74, 6) is 3.59. The van der Waals surface area contributed by atoms with Gasteiger partial charge >= 0.3 is 0 Å². The maximum atomic E-state index is 10.7. The van der Waals surface area contributed by atoms with Gasteiger partial charge < -0.3 is 29.2 Å². The molecule has 4 aliphatic rings. The molecule has 2 atom stereocenters. The third-order valence-corrected chi connectivity index (χ3v) is 9.71. The second-order valence-electron chi connectivity index (χ2n) is 12.4. The van der Waals surface area contributed by atoms with Crippen molar-refractivity contribution in [1.82, 2.24) is 9.80 Å². The normalized spacial score (nSPS) is 19.5. The molecule has 0 amide bonds. The molecular weight excluding hydrogens is 568 g/mol. The summed E-state index contributed by atoms with van der Waals surface area (Å²) in [6, 6.07) is 20.1. The van der Waals surface area contributed by atoms with E-state index in [9.17, 15) is 10.2 Å². The maximum absolute atomic E-state index is 10.7. The number of aromatic hydroxyl groups is 1. The average Bonchev–Trinajstić information content (AvgIpc) is 3.05. The van der Waals surface area contributed by atoms with Gasteiger partial charge in [0.15, 0.2) is 34.5 Å². The number of aliphatic hydroxyl groups is 1. The Hall–Kier alpha value is -4.24. The van der Waals surface area contributed by atoms with E-state index in [-0.39, 0.29) is 24.4 Å². The smallest absolute Gasteiger partial charge is 0.174 e. The Bertz CT molecular complexity index is 1740. The van der Waals surface area contributed by atoms with Gasteiger partial charge in [-0.3, -0.25) is 9.80 Å². The van der Waals surface area contributed by atoms with E-state index in [4.69, 9.17) is 18.9 Å². The van der Waals surface area contributed by atoms with Crippen LogP contribution in [0.4, 0.5) is 0 Å². The third-order valence-electron chi connectivity index (χ3n) is 9.71. The highest BCUT2D eigenvalue weighted by molar-refractivity contribution is 5.61. The second kappa shape index (κ2) is 11.9. The topological polar surface area (TPSA) is 83.9 Å². The summed E-state index contributed by atoms with van der Waals surface area (Å²) < 4.78 is 25.1. The molecule has 45 heavy (non-hydrogen) atoms. The predicted molar refractivity (Wildman–Crippen MR) is 172 cm³/mol. The van der Waals surface area contributed by atoms with Crippen LogP contribution in [0.3, 0.4) is 0 Å². The van der Waals surface area contributed by atoms with Gasteiger partial charge in [-0.25, -0.2) is 0 Å². The number of hydrogen-bond donors (Lipinski definition) is 2. The summed E-state index contributed by atoms with van der Waals surface area (Å²) in [7, 11) is 7.59. The van der Waals surface area contributed by atoms with Crippen LogP contribution in [0.15, 0.2) is 60.7 Å². The van der Waals surface area contributed by atoms with E-state index in [1.54, 1.807) is 20.3 Å². The molecule has 2 N–H and O–H groups in total. The van der Waals surface area contributed by atoms with Crippen molar-refractivity contribution in [3.63, 3.8) is 0 Å². The molecule has 4 heterocycles. The minimum atomic E-state index is -0.168. The molecule has 0 aliphatic carbocycles. The number of phenols is 1. The highest BCUT2D eigenvalue weighted by Gasteiger charge is 2.34. The van der Waals surface area contributed by atoms with Crippen LogP contribution in [0.5, 0.6) is 40.2 Å². The molecular formula is C37H40N2O6. The summed E-state index contributed by atoms with van der Waals surface area (Å²) in [6.07, 6.45) is 3.18. The molecule has 4 aromatic rings. The van der Waals surface area contributed by atoms with Gasteiger partial charge in [0.2, 0.25) is 0 Å². The lowest BCUT2D eigenvalue weighted by molar-refractivity contribution is 0.219. The van der Waals surface area contributed by atoms with Crippen LogP contribution in [0.25, 0.3) is 0 Å². The van der Waals surface area contributed by atoms with Crippen LogP contribution in [-0.4, -0.2) is 61.4 Å². The zero-order chi connectivity index (χ0) is 31.2. The van der Waals surface area contributed by atoms with Gasteiger partial charge in [0.25, 0.3) is 0 Å². The molecule has 0 unspecified atom stereocenters. The number of ether oxygens (including phenoxy) is 4. The van der Waals surface area contributed by atoms with Crippen molar-refractivity contribution < 1.29 is 29.2 Å². The van der Waals surface area contributed by atoms with Crippen molar-refractivity contribution in [2.24, 2.45) is 0 Å². The molecule has 0 saturated carbocycles. The van der Waals surface area contributed by atoms with Gasteiger partial charge in [0, 0.05) is 36.3 Å². The van der Waals surface area contributed by atoms with E-state index in [1.807, 2.05) is 24.3 Å². The van der Waals surface area contributed by atoms with Crippen LogP contribution in [0.2, 0.25) is 0 Å². The molecule has 4 aromatic carbocycles. The SMILES string of the molecule is COc1cc2c3cc1Oc1c(OC)c(CO)cc4c1[C@@H](Cc1ccc(O)c(c1)Oc1ccc(cc1)C[C@@H]3N(C)CC2)N(C)CC4. The Morgan fingerprint density at radius 2 is 1.49 bits per heavy atom. The Morgan fingerprint density at radius 3 is 2.22 bits per heavy atom. The number of methoxy groups -OCH3 is 2. The molecule has 8 rings (SSSR count). The van der Waals surface area contributed by atoms with E-state index in [0.29, 0.717) is 46.5 Å². The number of likely N-dealkylation sites (N-methyl/N-ethyl adjacent to an activating group) is 2. The second-order valence-corrected chi connectivity index (χ2v) is 12.4. The highest BCUT2D eigenvalue weighted by Crippen LogP contribution is 2.50. The van der Waals surface area contributed by atoms with Crippen LogP contribution >= 0.6 is 0 Å². The average molecular weight is 609 g/mol.